The monoisotopic (exact) mass is 312 g/mol. The quantitative estimate of drug-likeness (QED) is 0.881. The van der Waals surface area contributed by atoms with Crippen molar-refractivity contribution in [3.05, 3.63) is 42.0 Å². The van der Waals surface area contributed by atoms with Gasteiger partial charge in [-0.05, 0) is 30.3 Å². The molecule has 1 N–H and O–H groups in total. The minimum Gasteiger partial charge on any atom is -0.496 e. The van der Waals surface area contributed by atoms with E-state index >= 15 is 0 Å². The fourth-order valence-corrected chi connectivity index (χ4v) is 2.19. The first-order chi connectivity index (χ1) is 11.2. The summed E-state index contributed by atoms with van der Waals surface area (Å²) in [5, 5.41) is 2.71. The van der Waals surface area contributed by atoms with Crippen molar-refractivity contribution in [2.24, 2.45) is 4.99 Å². The van der Waals surface area contributed by atoms with Crippen molar-refractivity contribution in [2.45, 2.75) is 6.92 Å². The topological polar surface area (TPSA) is 69.2 Å². The normalized spacial score (nSPS) is 12.4. The molecule has 0 radical (unpaired) electrons. The maximum Gasteiger partial charge on any atom is 0.231 e. The second-order valence-corrected chi connectivity index (χ2v) is 4.93. The van der Waals surface area contributed by atoms with Gasteiger partial charge in [-0.1, -0.05) is 0 Å². The lowest BCUT2D eigenvalue weighted by molar-refractivity contribution is -0.114. The van der Waals surface area contributed by atoms with Crippen LogP contribution < -0.4 is 19.5 Å². The Kier molecular flexibility index (Phi) is 4.14. The van der Waals surface area contributed by atoms with Crippen LogP contribution in [0, 0.1) is 0 Å². The van der Waals surface area contributed by atoms with Crippen LogP contribution in [-0.2, 0) is 4.79 Å². The summed E-state index contributed by atoms with van der Waals surface area (Å²) in [4.78, 5) is 15.4. The molecule has 2 aromatic rings. The van der Waals surface area contributed by atoms with Crippen LogP contribution in [0.3, 0.4) is 0 Å². The van der Waals surface area contributed by atoms with E-state index in [0.717, 1.165) is 16.9 Å². The average Bonchev–Trinajstić information content (AvgIpc) is 3.00. The molecule has 6 nitrogen and oxygen atoms in total. The summed E-state index contributed by atoms with van der Waals surface area (Å²) < 4.78 is 16.0. The first kappa shape index (κ1) is 14.9. The molecule has 0 saturated carbocycles. The molecule has 0 atom stereocenters. The maximum atomic E-state index is 11.0. The van der Waals surface area contributed by atoms with Gasteiger partial charge in [0, 0.05) is 30.5 Å². The standard InChI is InChI=1S/C17H16N2O4/c1-11(20)19-14-5-3-13(4-6-14)18-9-12-7-16-17(23-10-22-16)8-15(12)21-2/h3-9H,10H2,1-2H3,(H,19,20). The highest BCUT2D eigenvalue weighted by Crippen LogP contribution is 2.37. The Hall–Kier alpha value is -3.02. The number of hydrogen-bond acceptors (Lipinski definition) is 5. The van der Waals surface area contributed by atoms with Crippen LogP contribution in [0.4, 0.5) is 11.4 Å². The van der Waals surface area contributed by atoms with Crippen LogP contribution in [-0.4, -0.2) is 26.0 Å². The van der Waals surface area contributed by atoms with Crippen LogP contribution in [0.1, 0.15) is 12.5 Å². The van der Waals surface area contributed by atoms with Crippen molar-refractivity contribution in [1.82, 2.24) is 0 Å². The highest BCUT2D eigenvalue weighted by atomic mass is 16.7. The lowest BCUT2D eigenvalue weighted by atomic mass is 10.2. The summed E-state index contributed by atoms with van der Waals surface area (Å²) in [6.07, 6.45) is 1.70. The molecule has 0 aromatic heterocycles. The number of ether oxygens (including phenoxy) is 3. The summed E-state index contributed by atoms with van der Waals surface area (Å²) in [5.74, 6) is 1.89. The van der Waals surface area contributed by atoms with E-state index in [-0.39, 0.29) is 12.7 Å². The van der Waals surface area contributed by atoms with Gasteiger partial charge in [0.15, 0.2) is 11.5 Å². The third-order valence-corrected chi connectivity index (χ3v) is 3.27. The number of carbonyl (C=O) groups is 1. The molecule has 0 aliphatic carbocycles. The molecular formula is C17H16N2O4. The fraction of sp³-hybridized carbons (Fsp3) is 0.176. The number of carbonyl (C=O) groups excluding carboxylic acids is 1. The molecule has 0 fully saturated rings. The van der Waals surface area contributed by atoms with E-state index in [1.807, 2.05) is 18.2 Å². The molecule has 23 heavy (non-hydrogen) atoms. The van der Waals surface area contributed by atoms with Crippen molar-refractivity contribution in [3.63, 3.8) is 0 Å². The SMILES string of the molecule is COc1cc2c(cc1C=Nc1ccc(NC(C)=O)cc1)OCO2. The lowest BCUT2D eigenvalue weighted by Crippen LogP contribution is -2.04. The molecule has 118 valence electrons. The number of amides is 1. The summed E-state index contributed by atoms with van der Waals surface area (Å²) >= 11 is 0. The van der Waals surface area contributed by atoms with Gasteiger partial charge in [-0.2, -0.15) is 0 Å². The molecule has 3 rings (SSSR count). The number of rotatable bonds is 4. The lowest BCUT2D eigenvalue weighted by Gasteiger charge is -2.06. The van der Waals surface area contributed by atoms with E-state index in [4.69, 9.17) is 14.2 Å². The third kappa shape index (κ3) is 3.42. The Balaban J connectivity index is 1.81. The Labute approximate surface area is 133 Å². The molecule has 1 amide bonds. The van der Waals surface area contributed by atoms with Crippen molar-refractivity contribution in [3.8, 4) is 17.2 Å². The maximum absolute atomic E-state index is 11.0. The predicted molar refractivity (Wildman–Crippen MR) is 87.1 cm³/mol. The van der Waals surface area contributed by atoms with Gasteiger partial charge < -0.3 is 19.5 Å². The molecule has 1 aliphatic rings. The van der Waals surface area contributed by atoms with Crippen molar-refractivity contribution in [1.29, 1.82) is 0 Å². The second-order valence-electron chi connectivity index (χ2n) is 4.93. The average molecular weight is 312 g/mol. The van der Waals surface area contributed by atoms with E-state index in [9.17, 15) is 4.79 Å². The van der Waals surface area contributed by atoms with Crippen LogP contribution in [0.2, 0.25) is 0 Å². The minimum absolute atomic E-state index is 0.105. The summed E-state index contributed by atoms with van der Waals surface area (Å²) in [5.41, 5.74) is 2.29. The molecule has 2 aromatic carbocycles. The molecule has 1 heterocycles. The Bertz CT molecular complexity index is 754. The van der Waals surface area contributed by atoms with Gasteiger partial charge in [0.05, 0.1) is 12.8 Å². The molecule has 1 aliphatic heterocycles. The van der Waals surface area contributed by atoms with Gasteiger partial charge in [-0.3, -0.25) is 9.79 Å². The highest BCUT2D eigenvalue weighted by Gasteiger charge is 2.16. The summed E-state index contributed by atoms with van der Waals surface area (Å²) in [6.45, 7) is 1.68. The zero-order valence-corrected chi connectivity index (χ0v) is 12.8. The van der Waals surface area contributed by atoms with Crippen molar-refractivity contribution >= 4 is 23.5 Å². The molecule has 0 unspecified atom stereocenters. The van der Waals surface area contributed by atoms with Gasteiger partial charge in [-0.15, -0.1) is 0 Å². The van der Waals surface area contributed by atoms with Crippen LogP contribution in [0.5, 0.6) is 17.2 Å². The van der Waals surface area contributed by atoms with Gasteiger partial charge >= 0.3 is 0 Å². The molecular weight excluding hydrogens is 296 g/mol. The van der Waals surface area contributed by atoms with Gasteiger partial charge in [-0.25, -0.2) is 0 Å². The smallest absolute Gasteiger partial charge is 0.231 e. The largest absolute Gasteiger partial charge is 0.496 e. The number of hydrogen-bond donors (Lipinski definition) is 1. The number of methoxy groups -OCH3 is 1. The summed E-state index contributed by atoms with van der Waals surface area (Å²) in [7, 11) is 1.59. The number of anilines is 1. The van der Waals surface area contributed by atoms with E-state index in [1.54, 1.807) is 31.5 Å². The Morgan fingerprint density at radius 1 is 1.22 bits per heavy atom. The van der Waals surface area contributed by atoms with Crippen LogP contribution >= 0.6 is 0 Å². The minimum atomic E-state index is -0.105. The molecule has 0 saturated heterocycles. The van der Waals surface area contributed by atoms with E-state index < -0.39 is 0 Å². The van der Waals surface area contributed by atoms with Crippen molar-refractivity contribution in [2.75, 3.05) is 19.2 Å². The number of fused-ring (bicyclic) bond motifs is 1. The number of aliphatic imine (C=N–C) groups is 1. The zero-order valence-electron chi connectivity index (χ0n) is 12.8. The van der Waals surface area contributed by atoms with E-state index in [0.29, 0.717) is 17.2 Å². The molecule has 6 heteroatoms. The first-order valence-corrected chi connectivity index (χ1v) is 7.05. The predicted octanol–water partition coefficient (Wildman–Crippen LogP) is 3.13. The van der Waals surface area contributed by atoms with Gasteiger partial charge in [0.1, 0.15) is 5.75 Å². The molecule has 0 spiro atoms. The van der Waals surface area contributed by atoms with Crippen molar-refractivity contribution < 1.29 is 19.0 Å². The molecule has 0 bridgehead atoms. The highest BCUT2D eigenvalue weighted by molar-refractivity contribution is 5.89. The van der Waals surface area contributed by atoms with Gasteiger partial charge in [0.2, 0.25) is 12.7 Å². The van der Waals surface area contributed by atoms with Gasteiger partial charge in [0.25, 0.3) is 0 Å². The summed E-state index contributed by atoms with van der Waals surface area (Å²) in [6, 6.07) is 10.8. The number of nitrogens with zero attached hydrogens (tertiary/aromatic N) is 1. The number of benzene rings is 2. The van der Waals surface area contributed by atoms with E-state index in [1.165, 1.54) is 6.92 Å². The zero-order chi connectivity index (χ0) is 16.2. The number of nitrogens with one attached hydrogen (secondary N) is 1. The fourth-order valence-electron chi connectivity index (χ4n) is 2.19. The third-order valence-electron chi connectivity index (χ3n) is 3.27. The van der Waals surface area contributed by atoms with E-state index in [2.05, 4.69) is 10.3 Å². The van der Waals surface area contributed by atoms with Crippen LogP contribution in [0.15, 0.2) is 41.4 Å². The Morgan fingerprint density at radius 3 is 2.57 bits per heavy atom. The van der Waals surface area contributed by atoms with Crippen LogP contribution in [0.25, 0.3) is 0 Å². The first-order valence-electron chi connectivity index (χ1n) is 7.05. The Morgan fingerprint density at radius 2 is 1.91 bits per heavy atom. The second kappa shape index (κ2) is 6.39.